The van der Waals surface area contributed by atoms with E-state index in [-0.39, 0.29) is 0 Å². The molecule has 1 aliphatic rings. The van der Waals surface area contributed by atoms with E-state index in [1.54, 1.807) is 17.0 Å². The summed E-state index contributed by atoms with van der Waals surface area (Å²) >= 11 is 5.18. The lowest BCUT2D eigenvalue weighted by Crippen LogP contribution is -2.32. The van der Waals surface area contributed by atoms with Crippen molar-refractivity contribution >= 4 is 12.2 Å². The Labute approximate surface area is 110 Å². The van der Waals surface area contributed by atoms with Gasteiger partial charge in [-0.05, 0) is 50.3 Å². The van der Waals surface area contributed by atoms with Crippen LogP contribution < -0.4 is 0 Å². The zero-order chi connectivity index (χ0) is 12.4. The van der Waals surface area contributed by atoms with Gasteiger partial charge in [0.2, 0.25) is 0 Å². The lowest BCUT2D eigenvalue weighted by molar-refractivity contribution is 0.170. The highest BCUT2D eigenvalue weighted by molar-refractivity contribution is 7.71. The van der Waals surface area contributed by atoms with Crippen LogP contribution in [-0.2, 0) is 6.67 Å². The van der Waals surface area contributed by atoms with E-state index in [0.29, 0.717) is 23.2 Å². The summed E-state index contributed by atoms with van der Waals surface area (Å²) in [6.45, 7) is 2.90. The Morgan fingerprint density at radius 3 is 2.83 bits per heavy atom. The molecule has 0 spiro atoms. The highest BCUT2D eigenvalue weighted by atomic mass is 32.1. The van der Waals surface area contributed by atoms with Gasteiger partial charge < -0.3 is 8.83 Å². The summed E-state index contributed by atoms with van der Waals surface area (Å²) in [5.41, 5.74) is 0. The zero-order valence-corrected chi connectivity index (χ0v) is 10.9. The van der Waals surface area contributed by atoms with E-state index in [9.17, 15) is 0 Å². The first-order valence-electron chi connectivity index (χ1n) is 6.17. The van der Waals surface area contributed by atoms with Crippen LogP contribution in [0.15, 0.2) is 27.2 Å². The molecule has 3 rings (SSSR count). The molecule has 3 heterocycles. The van der Waals surface area contributed by atoms with Gasteiger partial charge in [-0.2, -0.15) is 0 Å². The van der Waals surface area contributed by atoms with E-state index in [1.165, 1.54) is 19.3 Å². The summed E-state index contributed by atoms with van der Waals surface area (Å²) in [4.78, 5) is 2.74. The summed E-state index contributed by atoms with van der Waals surface area (Å²) in [7, 11) is 0. The molecular weight excluding hydrogens is 250 g/mol. The molecule has 2 aromatic heterocycles. The molecule has 0 saturated carbocycles. The molecule has 5 nitrogen and oxygen atoms in total. The lowest BCUT2D eigenvalue weighted by atomic mass is 10.1. The Kier molecular flexibility index (Phi) is 3.29. The fourth-order valence-electron chi connectivity index (χ4n) is 2.19. The van der Waals surface area contributed by atoms with Crippen LogP contribution in [0.2, 0.25) is 0 Å². The van der Waals surface area contributed by atoms with Gasteiger partial charge in [0.25, 0.3) is 10.7 Å². The first-order valence-corrected chi connectivity index (χ1v) is 6.58. The van der Waals surface area contributed by atoms with E-state index in [4.69, 9.17) is 21.1 Å². The molecule has 6 heteroatoms. The molecular formula is C12H15N3O2S. The lowest BCUT2D eigenvalue weighted by Gasteiger charge is -2.25. The van der Waals surface area contributed by atoms with Crippen LogP contribution in [0, 0.1) is 4.84 Å². The predicted molar refractivity (Wildman–Crippen MR) is 68.5 cm³/mol. The highest BCUT2D eigenvalue weighted by Gasteiger charge is 2.14. The predicted octanol–water partition coefficient (Wildman–Crippen LogP) is 2.91. The van der Waals surface area contributed by atoms with E-state index < -0.39 is 0 Å². The van der Waals surface area contributed by atoms with Crippen molar-refractivity contribution in [3.63, 3.8) is 0 Å². The van der Waals surface area contributed by atoms with Gasteiger partial charge in [-0.3, -0.25) is 4.90 Å². The van der Waals surface area contributed by atoms with Gasteiger partial charge in [-0.25, -0.2) is 4.68 Å². The van der Waals surface area contributed by atoms with Crippen molar-refractivity contribution in [2.75, 3.05) is 13.1 Å². The first-order chi connectivity index (χ1) is 8.83. The van der Waals surface area contributed by atoms with Crippen LogP contribution in [0.4, 0.5) is 0 Å². The van der Waals surface area contributed by atoms with Crippen LogP contribution in [0.1, 0.15) is 19.3 Å². The Morgan fingerprint density at radius 1 is 1.28 bits per heavy atom. The Bertz CT molecular complexity index is 552. The smallest absolute Gasteiger partial charge is 0.288 e. The average molecular weight is 265 g/mol. The van der Waals surface area contributed by atoms with Crippen molar-refractivity contribution in [2.24, 2.45) is 0 Å². The van der Waals surface area contributed by atoms with Gasteiger partial charge in [0.05, 0.1) is 12.9 Å². The van der Waals surface area contributed by atoms with Crippen LogP contribution in [-0.4, -0.2) is 27.8 Å². The minimum absolute atomic E-state index is 0.395. The number of furan rings is 1. The molecule has 96 valence electrons. The molecule has 1 fully saturated rings. The number of likely N-dealkylation sites (tertiary alicyclic amines) is 1. The second kappa shape index (κ2) is 5.07. The fraction of sp³-hybridized carbons (Fsp3) is 0.500. The number of hydrogen-bond donors (Lipinski definition) is 0. The van der Waals surface area contributed by atoms with Crippen molar-refractivity contribution in [1.29, 1.82) is 0 Å². The molecule has 0 bridgehead atoms. The Hall–Kier alpha value is -1.40. The molecule has 0 N–H and O–H groups in total. The van der Waals surface area contributed by atoms with Crippen molar-refractivity contribution in [3.8, 4) is 11.7 Å². The van der Waals surface area contributed by atoms with Gasteiger partial charge >= 0.3 is 0 Å². The van der Waals surface area contributed by atoms with E-state index in [1.807, 2.05) is 6.07 Å². The van der Waals surface area contributed by atoms with Crippen molar-refractivity contribution in [3.05, 3.63) is 23.2 Å². The molecule has 1 saturated heterocycles. The second-order valence-corrected chi connectivity index (χ2v) is 4.82. The summed E-state index contributed by atoms with van der Waals surface area (Å²) in [5, 5.41) is 4.36. The number of aromatic nitrogens is 2. The largest absolute Gasteiger partial charge is 0.459 e. The molecule has 0 amide bonds. The molecule has 0 atom stereocenters. The summed E-state index contributed by atoms with van der Waals surface area (Å²) in [5.74, 6) is 1.06. The quantitative estimate of drug-likeness (QED) is 0.799. The van der Waals surface area contributed by atoms with E-state index in [2.05, 4.69) is 10.00 Å². The maximum atomic E-state index is 5.45. The zero-order valence-electron chi connectivity index (χ0n) is 10.0. The summed E-state index contributed by atoms with van der Waals surface area (Å²) < 4.78 is 12.4. The van der Waals surface area contributed by atoms with Gasteiger partial charge in [0.15, 0.2) is 5.76 Å². The topological polar surface area (TPSA) is 47.3 Å². The fourth-order valence-corrected chi connectivity index (χ4v) is 2.36. The Balaban J connectivity index is 1.78. The van der Waals surface area contributed by atoms with Crippen molar-refractivity contribution in [1.82, 2.24) is 14.7 Å². The molecule has 0 radical (unpaired) electrons. The molecule has 0 unspecified atom stereocenters. The van der Waals surface area contributed by atoms with Crippen LogP contribution in [0.25, 0.3) is 11.7 Å². The standard InChI is InChI=1S/C12H15N3O2S/c18-12-15(9-14-6-2-1-3-7-14)13-11(17-12)10-5-4-8-16-10/h4-5,8H,1-3,6-7,9H2. The van der Waals surface area contributed by atoms with Crippen molar-refractivity contribution in [2.45, 2.75) is 25.9 Å². The third kappa shape index (κ3) is 2.39. The monoisotopic (exact) mass is 265 g/mol. The minimum atomic E-state index is 0.395. The highest BCUT2D eigenvalue weighted by Crippen LogP contribution is 2.18. The normalized spacial score (nSPS) is 17.1. The number of nitrogens with zero attached hydrogens (tertiary/aromatic N) is 3. The maximum absolute atomic E-state index is 5.45. The second-order valence-electron chi connectivity index (χ2n) is 4.47. The third-order valence-electron chi connectivity index (χ3n) is 3.12. The SMILES string of the molecule is S=c1oc(-c2ccco2)nn1CN1CCCCC1. The maximum Gasteiger partial charge on any atom is 0.288 e. The molecule has 0 aromatic carbocycles. The van der Waals surface area contributed by atoms with Gasteiger partial charge in [0.1, 0.15) is 0 Å². The number of piperidine rings is 1. The van der Waals surface area contributed by atoms with Gasteiger partial charge in [0, 0.05) is 0 Å². The molecule has 1 aliphatic heterocycles. The van der Waals surface area contributed by atoms with Crippen LogP contribution >= 0.6 is 12.2 Å². The Morgan fingerprint density at radius 2 is 2.11 bits per heavy atom. The average Bonchev–Trinajstić information content (AvgIpc) is 3.01. The number of hydrogen-bond acceptors (Lipinski definition) is 5. The van der Waals surface area contributed by atoms with Crippen molar-refractivity contribution < 1.29 is 8.83 Å². The molecule has 0 aliphatic carbocycles. The summed E-state index contributed by atoms with van der Waals surface area (Å²) in [6, 6.07) is 3.61. The number of rotatable bonds is 3. The van der Waals surface area contributed by atoms with E-state index >= 15 is 0 Å². The molecule has 2 aromatic rings. The summed E-state index contributed by atoms with van der Waals surface area (Å²) in [6.07, 6.45) is 5.41. The van der Waals surface area contributed by atoms with Gasteiger partial charge in [-0.15, -0.1) is 5.10 Å². The van der Waals surface area contributed by atoms with Gasteiger partial charge in [-0.1, -0.05) is 6.42 Å². The third-order valence-corrected chi connectivity index (χ3v) is 3.41. The first kappa shape index (κ1) is 11.7. The van der Waals surface area contributed by atoms with Crippen LogP contribution in [0.3, 0.4) is 0 Å². The minimum Gasteiger partial charge on any atom is -0.459 e. The van der Waals surface area contributed by atoms with Crippen LogP contribution in [0.5, 0.6) is 0 Å². The molecule has 18 heavy (non-hydrogen) atoms. The van der Waals surface area contributed by atoms with E-state index in [0.717, 1.165) is 13.1 Å².